The number of rotatable bonds is 7. The summed E-state index contributed by atoms with van der Waals surface area (Å²) in [5.74, 6) is -0.430. The number of fused-ring (bicyclic) bond motifs is 1. The smallest absolute Gasteiger partial charge is 0.321 e. The maximum atomic E-state index is 13.1. The minimum Gasteiger partial charge on any atom is -0.336 e. The molecule has 0 bridgehead atoms. The van der Waals surface area contributed by atoms with Gasteiger partial charge in [0, 0.05) is 12.6 Å². The highest BCUT2D eigenvalue weighted by atomic mass is 32.2. The van der Waals surface area contributed by atoms with E-state index in [9.17, 15) is 14.4 Å². The Morgan fingerprint density at radius 1 is 1.23 bits per heavy atom. The summed E-state index contributed by atoms with van der Waals surface area (Å²) < 4.78 is 1.66. The van der Waals surface area contributed by atoms with Gasteiger partial charge in [-0.05, 0) is 58.1 Å². The predicted octanol–water partition coefficient (Wildman–Crippen LogP) is 3.61. The van der Waals surface area contributed by atoms with Gasteiger partial charge < -0.3 is 5.32 Å². The lowest BCUT2D eigenvalue weighted by molar-refractivity contribution is -0.117. The van der Waals surface area contributed by atoms with Crippen molar-refractivity contribution < 1.29 is 9.59 Å². The summed E-state index contributed by atoms with van der Waals surface area (Å²) in [7, 11) is 0. The maximum Gasteiger partial charge on any atom is 0.321 e. The molecule has 1 heterocycles. The molecule has 0 fully saturated rings. The molecule has 1 aromatic heterocycles. The van der Waals surface area contributed by atoms with Gasteiger partial charge in [-0.3, -0.25) is 19.5 Å². The molecular formula is C22H28N4O3S. The fraction of sp³-hybridized carbons (Fsp3) is 0.455. The van der Waals surface area contributed by atoms with E-state index in [1.165, 1.54) is 30.2 Å². The predicted molar refractivity (Wildman–Crippen MR) is 120 cm³/mol. The van der Waals surface area contributed by atoms with Crippen molar-refractivity contribution in [3.8, 4) is 0 Å². The highest BCUT2D eigenvalue weighted by Crippen LogP contribution is 2.23. The topological polar surface area (TPSA) is 93.1 Å². The fourth-order valence-corrected chi connectivity index (χ4v) is 4.26. The Kier molecular flexibility index (Phi) is 7.68. The number of amides is 3. The molecule has 160 valence electrons. The summed E-state index contributed by atoms with van der Waals surface area (Å²) in [6.07, 6.45) is 7.66. The molecule has 1 aromatic carbocycles. The number of para-hydroxylation sites is 1. The van der Waals surface area contributed by atoms with E-state index in [1.807, 2.05) is 26.0 Å². The molecule has 1 aliphatic rings. The van der Waals surface area contributed by atoms with Gasteiger partial charge in [-0.15, -0.1) is 0 Å². The largest absolute Gasteiger partial charge is 0.336 e. The first-order chi connectivity index (χ1) is 14.4. The second-order valence-corrected chi connectivity index (χ2v) is 8.63. The number of urea groups is 1. The van der Waals surface area contributed by atoms with Gasteiger partial charge in [0.25, 0.3) is 5.56 Å². The molecule has 0 unspecified atom stereocenters. The molecule has 0 spiro atoms. The summed E-state index contributed by atoms with van der Waals surface area (Å²) in [6, 6.07) is 6.65. The van der Waals surface area contributed by atoms with E-state index >= 15 is 0 Å². The first-order valence-corrected chi connectivity index (χ1v) is 11.3. The number of hydrogen-bond acceptors (Lipinski definition) is 5. The third-order valence-corrected chi connectivity index (χ3v) is 5.85. The van der Waals surface area contributed by atoms with Crippen LogP contribution in [0.5, 0.6) is 0 Å². The van der Waals surface area contributed by atoms with Crippen LogP contribution in [0.25, 0.3) is 10.9 Å². The number of thioether (sulfide) groups is 1. The van der Waals surface area contributed by atoms with E-state index in [-0.39, 0.29) is 17.4 Å². The van der Waals surface area contributed by atoms with Gasteiger partial charge in [-0.2, -0.15) is 0 Å². The Morgan fingerprint density at radius 2 is 2.03 bits per heavy atom. The third kappa shape index (κ3) is 5.95. The van der Waals surface area contributed by atoms with Crippen LogP contribution in [0.4, 0.5) is 4.79 Å². The zero-order valence-corrected chi connectivity index (χ0v) is 18.3. The van der Waals surface area contributed by atoms with E-state index in [0.29, 0.717) is 22.6 Å². The minimum absolute atomic E-state index is 0.00100. The lowest BCUT2D eigenvalue weighted by atomic mass is 9.97. The van der Waals surface area contributed by atoms with E-state index in [1.54, 1.807) is 16.7 Å². The quantitative estimate of drug-likeness (QED) is 0.399. The second kappa shape index (κ2) is 10.4. The van der Waals surface area contributed by atoms with E-state index in [2.05, 4.69) is 21.7 Å². The Hall–Kier alpha value is -2.61. The Labute approximate surface area is 180 Å². The molecule has 30 heavy (non-hydrogen) atoms. The minimum atomic E-state index is -0.524. The van der Waals surface area contributed by atoms with Crippen LogP contribution in [0.1, 0.15) is 46.0 Å². The number of nitrogens with zero attached hydrogens (tertiary/aromatic N) is 2. The van der Waals surface area contributed by atoms with Crippen molar-refractivity contribution in [3.63, 3.8) is 0 Å². The maximum absolute atomic E-state index is 13.1. The Balaban J connectivity index is 1.77. The first-order valence-electron chi connectivity index (χ1n) is 10.3. The van der Waals surface area contributed by atoms with Crippen LogP contribution in [0.2, 0.25) is 0 Å². The average Bonchev–Trinajstić information content (AvgIpc) is 2.72. The molecule has 2 aromatic rings. The fourth-order valence-electron chi connectivity index (χ4n) is 3.43. The van der Waals surface area contributed by atoms with Crippen LogP contribution in [-0.2, 0) is 11.3 Å². The number of nitrogens with one attached hydrogen (secondary N) is 2. The molecule has 0 aliphatic heterocycles. The van der Waals surface area contributed by atoms with Crippen molar-refractivity contribution in [2.24, 2.45) is 0 Å². The van der Waals surface area contributed by atoms with Crippen molar-refractivity contribution in [1.82, 2.24) is 20.2 Å². The molecular weight excluding hydrogens is 400 g/mol. The van der Waals surface area contributed by atoms with Crippen LogP contribution in [0, 0.1) is 0 Å². The highest BCUT2D eigenvalue weighted by Gasteiger charge is 2.15. The molecule has 2 N–H and O–H groups in total. The molecule has 7 nitrogen and oxygen atoms in total. The summed E-state index contributed by atoms with van der Waals surface area (Å²) in [4.78, 5) is 41.6. The summed E-state index contributed by atoms with van der Waals surface area (Å²) in [6.45, 7) is 4.16. The highest BCUT2D eigenvalue weighted by molar-refractivity contribution is 7.99. The number of imide groups is 1. The van der Waals surface area contributed by atoms with Gasteiger partial charge in [-0.25, -0.2) is 9.78 Å². The van der Waals surface area contributed by atoms with Crippen molar-refractivity contribution in [2.75, 3.05) is 5.75 Å². The van der Waals surface area contributed by atoms with Gasteiger partial charge in [0.15, 0.2) is 5.16 Å². The van der Waals surface area contributed by atoms with E-state index < -0.39 is 11.9 Å². The SMILES string of the molecule is CC(C)NC(=O)NC(=O)CSc1nc2ccccc2c(=O)n1CCC1=CCCCC1. The molecule has 0 saturated heterocycles. The summed E-state index contributed by atoms with van der Waals surface area (Å²) >= 11 is 1.17. The number of carbonyl (C=O) groups excluding carboxylic acids is 2. The average molecular weight is 429 g/mol. The molecule has 8 heteroatoms. The Bertz CT molecular complexity index is 1010. The lowest BCUT2D eigenvalue weighted by Crippen LogP contribution is -2.43. The standard InChI is InChI=1S/C22H28N4O3S/c1-15(2)23-21(29)25-19(27)14-30-22-24-18-11-7-6-10-17(18)20(28)26(22)13-12-16-8-4-3-5-9-16/h6-8,10-11,15H,3-5,9,12-14H2,1-2H3,(H2,23,25,27,29). The number of hydrogen-bond donors (Lipinski definition) is 2. The van der Waals surface area contributed by atoms with E-state index in [4.69, 9.17) is 0 Å². The molecule has 3 amide bonds. The van der Waals surface area contributed by atoms with Crippen LogP contribution < -0.4 is 16.2 Å². The molecule has 0 saturated carbocycles. The molecule has 3 rings (SSSR count). The number of carbonyl (C=O) groups is 2. The zero-order valence-electron chi connectivity index (χ0n) is 17.4. The zero-order chi connectivity index (χ0) is 21.5. The lowest BCUT2D eigenvalue weighted by Gasteiger charge is -2.16. The van der Waals surface area contributed by atoms with Crippen LogP contribution in [0.3, 0.4) is 0 Å². The van der Waals surface area contributed by atoms with Crippen LogP contribution >= 0.6 is 11.8 Å². The number of allylic oxidation sites excluding steroid dienone is 2. The van der Waals surface area contributed by atoms with E-state index in [0.717, 1.165) is 19.3 Å². The Morgan fingerprint density at radius 3 is 2.77 bits per heavy atom. The van der Waals surface area contributed by atoms with Gasteiger partial charge in [0.2, 0.25) is 5.91 Å². The van der Waals surface area contributed by atoms with Gasteiger partial charge in [0.05, 0.1) is 16.7 Å². The summed E-state index contributed by atoms with van der Waals surface area (Å²) in [5.41, 5.74) is 1.88. The van der Waals surface area contributed by atoms with Crippen molar-refractivity contribution in [1.29, 1.82) is 0 Å². The van der Waals surface area contributed by atoms with Gasteiger partial charge in [0.1, 0.15) is 0 Å². The normalized spacial score (nSPS) is 13.9. The number of aromatic nitrogens is 2. The summed E-state index contributed by atoms with van der Waals surface area (Å²) in [5, 5.41) is 5.98. The van der Waals surface area contributed by atoms with Gasteiger partial charge in [-0.1, -0.05) is 35.5 Å². The van der Waals surface area contributed by atoms with Crippen LogP contribution in [0.15, 0.2) is 45.9 Å². The van der Waals surface area contributed by atoms with Crippen molar-refractivity contribution in [3.05, 3.63) is 46.3 Å². The molecule has 0 radical (unpaired) electrons. The second-order valence-electron chi connectivity index (χ2n) is 7.69. The molecule has 1 aliphatic carbocycles. The van der Waals surface area contributed by atoms with Crippen molar-refractivity contribution in [2.45, 2.75) is 63.7 Å². The van der Waals surface area contributed by atoms with Crippen LogP contribution in [-0.4, -0.2) is 33.3 Å². The number of benzene rings is 1. The first kappa shape index (κ1) is 22.1. The molecule has 0 atom stereocenters. The third-order valence-electron chi connectivity index (χ3n) is 4.87. The van der Waals surface area contributed by atoms with Crippen molar-refractivity contribution >= 4 is 34.6 Å². The van der Waals surface area contributed by atoms with Gasteiger partial charge >= 0.3 is 6.03 Å². The monoisotopic (exact) mass is 428 g/mol.